The van der Waals surface area contributed by atoms with E-state index in [1.54, 1.807) is 0 Å². The van der Waals surface area contributed by atoms with Crippen molar-refractivity contribution in [2.45, 2.75) is 51.2 Å². The second kappa shape index (κ2) is 3.00. The quantitative estimate of drug-likeness (QED) is 0.637. The average molecular weight is 168 g/mol. The van der Waals surface area contributed by atoms with E-state index < -0.39 is 0 Å². The first-order valence-electron chi connectivity index (χ1n) is 5.20. The van der Waals surface area contributed by atoms with E-state index in [1.165, 1.54) is 25.8 Å². The van der Waals surface area contributed by atoms with Crippen LogP contribution in [0.5, 0.6) is 0 Å². The van der Waals surface area contributed by atoms with Crippen molar-refractivity contribution in [2.75, 3.05) is 6.54 Å². The Hall–Kier alpha value is -0.0800. The largest absolute Gasteiger partial charge is 0.327 e. The van der Waals surface area contributed by atoms with Gasteiger partial charge in [-0.15, -0.1) is 0 Å². The maximum Gasteiger partial charge on any atom is 0.0113 e. The summed E-state index contributed by atoms with van der Waals surface area (Å²) in [5, 5.41) is 0. The van der Waals surface area contributed by atoms with Crippen molar-refractivity contribution in [3.63, 3.8) is 0 Å². The smallest absolute Gasteiger partial charge is 0.0113 e. The lowest BCUT2D eigenvalue weighted by Crippen LogP contribution is -2.58. The molecule has 0 amide bonds. The lowest BCUT2D eigenvalue weighted by atomic mass is 9.76. The molecule has 12 heavy (non-hydrogen) atoms. The maximum absolute atomic E-state index is 6.06. The van der Waals surface area contributed by atoms with Gasteiger partial charge in [-0.25, -0.2) is 0 Å². The van der Waals surface area contributed by atoms with Crippen LogP contribution in [0.4, 0.5) is 0 Å². The topological polar surface area (TPSA) is 29.3 Å². The van der Waals surface area contributed by atoms with Gasteiger partial charge in [0, 0.05) is 24.7 Å². The summed E-state index contributed by atoms with van der Waals surface area (Å²) in [7, 11) is 0. The van der Waals surface area contributed by atoms with E-state index in [-0.39, 0.29) is 0 Å². The summed E-state index contributed by atoms with van der Waals surface area (Å²) in [6, 6.07) is 2.01. The number of fused-ring (bicyclic) bond motifs is 3. The van der Waals surface area contributed by atoms with Crippen LogP contribution in [0.3, 0.4) is 0 Å². The van der Waals surface area contributed by atoms with E-state index in [9.17, 15) is 0 Å². The van der Waals surface area contributed by atoms with Gasteiger partial charge in [0.15, 0.2) is 0 Å². The van der Waals surface area contributed by atoms with Gasteiger partial charge in [-0.2, -0.15) is 0 Å². The Bertz CT molecular complexity index is 167. The van der Waals surface area contributed by atoms with Crippen molar-refractivity contribution in [1.29, 1.82) is 0 Å². The highest BCUT2D eigenvalue weighted by Gasteiger charge is 2.39. The summed E-state index contributed by atoms with van der Waals surface area (Å²) < 4.78 is 0. The molecule has 0 spiro atoms. The average Bonchev–Trinajstić information content (AvgIpc) is 2.04. The predicted octanol–water partition coefficient (Wildman–Crippen LogP) is 1.21. The molecule has 3 atom stereocenters. The molecule has 3 rings (SSSR count). The maximum atomic E-state index is 6.06. The highest BCUT2D eigenvalue weighted by molar-refractivity contribution is 4.95. The fourth-order valence-electron chi connectivity index (χ4n) is 2.83. The second-order valence-electron chi connectivity index (χ2n) is 4.68. The van der Waals surface area contributed by atoms with E-state index in [1.807, 2.05) is 0 Å². The van der Waals surface area contributed by atoms with Crippen LogP contribution in [0.15, 0.2) is 0 Å². The molecule has 2 bridgehead atoms. The molecule has 3 unspecified atom stereocenters. The third-order valence-electron chi connectivity index (χ3n) is 3.60. The van der Waals surface area contributed by atoms with Crippen molar-refractivity contribution in [3.05, 3.63) is 0 Å². The van der Waals surface area contributed by atoms with Gasteiger partial charge in [0.05, 0.1) is 0 Å². The molecule has 0 aromatic carbocycles. The molecule has 2 heteroatoms. The van der Waals surface area contributed by atoms with Gasteiger partial charge in [-0.3, -0.25) is 4.90 Å². The highest BCUT2D eigenvalue weighted by atomic mass is 15.2. The molecule has 1 saturated carbocycles. The molecular formula is C10H20N2. The minimum atomic E-state index is 0.499. The summed E-state index contributed by atoms with van der Waals surface area (Å²) in [6.45, 7) is 5.85. The van der Waals surface area contributed by atoms with Crippen LogP contribution in [0, 0.1) is 5.92 Å². The number of hydrogen-bond acceptors (Lipinski definition) is 2. The third kappa shape index (κ3) is 1.27. The lowest BCUT2D eigenvalue weighted by molar-refractivity contribution is 0.0120. The van der Waals surface area contributed by atoms with E-state index in [0.29, 0.717) is 12.1 Å². The van der Waals surface area contributed by atoms with Gasteiger partial charge in [0.25, 0.3) is 0 Å². The lowest BCUT2D eigenvalue weighted by Gasteiger charge is -2.50. The van der Waals surface area contributed by atoms with Crippen LogP contribution in [0.2, 0.25) is 0 Å². The van der Waals surface area contributed by atoms with Gasteiger partial charge in [0.1, 0.15) is 0 Å². The molecule has 2 N–H and O–H groups in total. The Morgan fingerprint density at radius 3 is 2.50 bits per heavy atom. The van der Waals surface area contributed by atoms with Crippen molar-refractivity contribution < 1.29 is 0 Å². The Kier molecular flexibility index (Phi) is 2.13. The standard InChI is InChI=1S/C10H20N2/c1-7(2)12-6-8-3-4-9(12)5-10(8)11/h7-10H,3-6,11H2,1-2H3. The molecule has 2 heterocycles. The molecular weight excluding hydrogens is 148 g/mol. The Labute approximate surface area is 75.1 Å². The minimum Gasteiger partial charge on any atom is -0.327 e. The van der Waals surface area contributed by atoms with Crippen molar-refractivity contribution >= 4 is 0 Å². The zero-order valence-corrected chi connectivity index (χ0v) is 8.16. The second-order valence-corrected chi connectivity index (χ2v) is 4.68. The van der Waals surface area contributed by atoms with Crippen LogP contribution < -0.4 is 5.73 Å². The van der Waals surface area contributed by atoms with Crippen molar-refractivity contribution in [2.24, 2.45) is 11.7 Å². The first-order chi connectivity index (χ1) is 5.68. The van der Waals surface area contributed by atoms with Crippen LogP contribution in [-0.2, 0) is 0 Å². The van der Waals surface area contributed by atoms with E-state index in [2.05, 4.69) is 18.7 Å². The molecule has 0 aromatic heterocycles. The van der Waals surface area contributed by atoms with Gasteiger partial charge in [0.2, 0.25) is 0 Å². The van der Waals surface area contributed by atoms with Crippen LogP contribution in [0.1, 0.15) is 33.1 Å². The number of rotatable bonds is 1. The first kappa shape index (κ1) is 8.52. The molecule has 2 aliphatic heterocycles. The number of nitrogens with zero attached hydrogens (tertiary/aromatic N) is 1. The fourth-order valence-corrected chi connectivity index (χ4v) is 2.83. The van der Waals surface area contributed by atoms with Gasteiger partial charge in [-0.05, 0) is 39.0 Å². The van der Waals surface area contributed by atoms with Gasteiger partial charge in [-0.1, -0.05) is 0 Å². The zero-order valence-electron chi connectivity index (χ0n) is 8.16. The first-order valence-corrected chi connectivity index (χ1v) is 5.20. The van der Waals surface area contributed by atoms with Crippen molar-refractivity contribution in [3.8, 4) is 0 Å². The van der Waals surface area contributed by atoms with E-state index >= 15 is 0 Å². The summed E-state index contributed by atoms with van der Waals surface area (Å²) in [5.74, 6) is 0.789. The Morgan fingerprint density at radius 2 is 2.08 bits per heavy atom. The van der Waals surface area contributed by atoms with Crippen molar-refractivity contribution in [1.82, 2.24) is 4.90 Å². The van der Waals surface area contributed by atoms with E-state index in [0.717, 1.165) is 12.0 Å². The number of nitrogens with two attached hydrogens (primary N) is 1. The Balaban J connectivity index is 2.05. The normalized spacial score (nSPS) is 42.5. The summed E-state index contributed by atoms with van der Waals surface area (Å²) in [5.41, 5.74) is 6.06. The monoisotopic (exact) mass is 168 g/mol. The predicted molar refractivity (Wildman–Crippen MR) is 50.9 cm³/mol. The summed E-state index contributed by atoms with van der Waals surface area (Å²) in [6.07, 6.45) is 3.99. The third-order valence-corrected chi connectivity index (χ3v) is 3.60. The molecule has 70 valence electrons. The molecule has 2 nitrogen and oxygen atoms in total. The minimum absolute atomic E-state index is 0.499. The summed E-state index contributed by atoms with van der Waals surface area (Å²) >= 11 is 0. The van der Waals surface area contributed by atoms with Crippen LogP contribution >= 0.6 is 0 Å². The van der Waals surface area contributed by atoms with E-state index in [4.69, 9.17) is 5.73 Å². The summed E-state index contributed by atoms with van der Waals surface area (Å²) in [4.78, 5) is 2.64. The highest BCUT2D eigenvalue weighted by Crippen LogP contribution is 2.35. The van der Waals surface area contributed by atoms with Crippen LogP contribution in [0.25, 0.3) is 0 Å². The molecule has 0 radical (unpaired) electrons. The zero-order chi connectivity index (χ0) is 8.72. The molecule has 3 aliphatic rings. The Morgan fingerprint density at radius 1 is 1.33 bits per heavy atom. The SMILES string of the molecule is CC(C)N1CC2CCC1CC2N. The molecule has 3 fully saturated rings. The number of piperidine rings is 2. The molecule has 2 saturated heterocycles. The fraction of sp³-hybridized carbons (Fsp3) is 1.00. The van der Waals surface area contributed by atoms with Crippen LogP contribution in [-0.4, -0.2) is 29.6 Å². The van der Waals surface area contributed by atoms with Gasteiger partial charge >= 0.3 is 0 Å². The molecule has 0 aromatic rings. The number of hydrogen-bond donors (Lipinski definition) is 1. The molecule has 1 aliphatic carbocycles. The van der Waals surface area contributed by atoms with Gasteiger partial charge < -0.3 is 5.73 Å².